The minimum atomic E-state index is 0.530. The van der Waals surface area contributed by atoms with Crippen LogP contribution in [0.15, 0.2) is 48.5 Å². The minimum Gasteiger partial charge on any atom is -0.398 e. The molecule has 3 aromatic carbocycles. The molecule has 3 aromatic rings. The highest BCUT2D eigenvalue weighted by atomic mass is 16.1. The van der Waals surface area contributed by atoms with Crippen molar-refractivity contribution in [1.29, 1.82) is 0 Å². The van der Waals surface area contributed by atoms with Crippen LogP contribution in [-0.4, -0.2) is 6.29 Å². The van der Waals surface area contributed by atoms with Gasteiger partial charge in [-0.1, -0.05) is 24.3 Å². The number of carbonyl (C=O) groups is 1. The molecule has 0 unspecified atom stereocenters. The van der Waals surface area contributed by atoms with Gasteiger partial charge in [0.05, 0.1) is 0 Å². The van der Waals surface area contributed by atoms with E-state index in [0.29, 0.717) is 11.3 Å². The van der Waals surface area contributed by atoms with E-state index < -0.39 is 0 Å². The lowest BCUT2D eigenvalue weighted by atomic mass is 10.0. The van der Waals surface area contributed by atoms with Gasteiger partial charge < -0.3 is 5.73 Å². The Morgan fingerprint density at radius 2 is 1.41 bits per heavy atom. The zero-order valence-corrected chi connectivity index (χ0v) is 9.18. The lowest BCUT2D eigenvalue weighted by Gasteiger charge is -2.05. The van der Waals surface area contributed by atoms with Crippen LogP contribution in [0.2, 0.25) is 0 Å². The van der Waals surface area contributed by atoms with Gasteiger partial charge >= 0.3 is 0 Å². The summed E-state index contributed by atoms with van der Waals surface area (Å²) in [6.45, 7) is 0. The van der Waals surface area contributed by atoms with E-state index in [-0.39, 0.29) is 0 Å². The van der Waals surface area contributed by atoms with Gasteiger partial charge in [-0.2, -0.15) is 0 Å². The quantitative estimate of drug-likeness (QED) is 0.389. The number of hydrogen-bond donors (Lipinski definition) is 1. The van der Waals surface area contributed by atoms with Crippen LogP contribution < -0.4 is 5.73 Å². The first-order valence-electron chi connectivity index (χ1n) is 5.45. The molecule has 17 heavy (non-hydrogen) atoms. The van der Waals surface area contributed by atoms with Gasteiger partial charge in [0.25, 0.3) is 0 Å². The number of carbonyl (C=O) groups excluding carboxylic acids is 1. The topological polar surface area (TPSA) is 43.1 Å². The lowest BCUT2D eigenvalue weighted by Crippen LogP contribution is -1.92. The zero-order valence-electron chi connectivity index (χ0n) is 9.18. The van der Waals surface area contributed by atoms with Crippen LogP contribution in [0.1, 0.15) is 10.4 Å². The number of hydrogen-bond acceptors (Lipinski definition) is 2. The second-order valence-corrected chi connectivity index (χ2v) is 4.15. The molecule has 0 amide bonds. The SMILES string of the molecule is Nc1cc2cc3ccccc3cc2cc1C=O. The van der Waals surface area contributed by atoms with Crippen molar-refractivity contribution in [3.05, 3.63) is 54.1 Å². The summed E-state index contributed by atoms with van der Waals surface area (Å²) >= 11 is 0. The van der Waals surface area contributed by atoms with Crippen molar-refractivity contribution in [2.75, 3.05) is 5.73 Å². The highest BCUT2D eigenvalue weighted by molar-refractivity contribution is 6.02. The van der Waals surface area contributed by atoms with Crippen molar-refractivity contribution in [3.63, 3.8) is 0 Å². The summed E-state index contributed by atoms with van der Waals surface area (Å²) < 4.78 is 0. The van der Waals surface area contributed by atoms with Crippen LogP contribution in [-0.2, 0) is 0 Å². The third-order valence-electron chi connectivity index (χ3n) is 3.03. The molecule has 0 saturated heterocycles. The summed E-state index contributed by atoms with van der Waals surface area (Å²) in [5.74, 6) is 0. The third-order valence-corrected chi connectivity index (χ3v) is 3.03. The first kappa shape index (κ1) is 9.85. The van der Waals surface area contributed by atoms with Crippen LogP contribution in [0, 0.1) is 0 Å². The third kappa shape index (κ3) is 1.54. The highest BCUT2D eigenvalue weighted by Crippen LogP contribution is 2.26. The van der Waals surface area contributed by atoms with Crippen LogP contribution >= 0.6 is 0 Å². The molecule has 0 radical (unpaired) electrons. The first-order valence-corrected chi connectivity index (χ1v) is 5.45. The van der Waals surface area contributed by atoms with Crippen LogP contribution in [0.5, 0.6) is 0 Å². The van der Waals surface area contributed by atoms with Gasteiger partial charge in [0.1, 0.15) is 0 Å². The molecule has 82 valence electrons. The van der Waals surface area contributed by atoms with E-state index in [1.165, 1.54) is 10.8 Å². The maximum atomic E-state index is 10.9. The predicted octanol–water partition coefficient (Wildman–Crippen LogP) is 3.39. The summed E-state index contributed by atoms with van der Waals surface area (Å²) in [6, 6.07) is 16.0. The number of rotatable bonds is 1. The number of fused-ring (bicyclic) bond motifs is 2. The Balaban J connectivity index is 2.43. The summed E-state index contributed by atoms with van der Waals surface area (Å²) in [7, 11) is 0. The highest BCUT2D eigenvalue weighted by Gasteiger charge is 2.02. The Hall–Kier alpha value is -2.35. The van der Waals surface area contributed by atoms with Crippen LogP contribution in [0.25, 0.3) is 21.5 Å². The summed E-state index contributed by atoms with van der Waals surface area (Å²) in [5, 5.41) is 4.45. The lowest BCUT2D eigenvalue weighted by molar-refractivity contribution is 0.112. The Morgan fingerprint density at radius 1 is 0.824 bits per heavy atom. The summed E-state index contributed by atoms with van der Waals surface area (Å²) in [4.78, 5) is 10.9. The number of anilines is 1. The largest absolute Gasteiger partial charge is 0.398 e. The molecule has 0 atom stereocenters. The van der Waals surface area contributed by atoms with Crippen molar-refractivity contribution in [2.24, 2.45) is 0 Å². The Morgan fingerprint density at radius 3 is 2.00 bits per heavy atom. The molecule has 2 nitrogen and oxygen atoms in total. The number of nitrogens with two attached hydrogens (primary N) is 1. The molecule has 0 aliphatic heterocycles. The average Bonchev–Trinajstić information content (AvgIpc) is 2.35. The van der Waals surface area contributed by atoms with Crippen LogP contribution in [0.4, 0.5) is 5.69 Å². The second kappa shape index (κ2) is 3.59. The summed E-state index contributed by atoms with van der Waals surface area (Å²) in [6.07, 6.45) is 0.796. The standard InChI is InChI=1S/C15H11NO/c16-15-8-13-6-11-4-2-1-3-10(11)5-12(13)7-14(15)9-17/h1-9H,16H2. The summed E-state index contributed by atoms with van der Waals surface area (Å²) in [5.41, 5.74) is 6.89. The van der Waals surface area contributed by atoms with Gasteiger partial charge in [-0.25, -0.2) is 0 Å². The predicted molar refractivity (Wildman–Crippen MR) is 71.3 cm³/mol. The van der Waals surface area contributed by atoms with Gasteiger partial charge in [-0.15, -0.1) is 0 Å². The van der Waals surface area contributed by atoms with E-state index in [1.807, 2.05) is 24.3 Å². The van der Waals surface area contributed by atoms with Crippen LogP contribution in [0.3, 0.4) is 0 Å². The zero-order chi connectivity index (χ0) is 11.8. The van der Waals surface area contributed by atoms with Gasteiger partial charge in [0.2, 0.25) is 0 Å². The number of nitrogen functional groups attached to an aromatic ring is 1. The van der Waals surface area contributed by atoms with E-state index in [9.17, 15) is 4.79 Å². The maximum Gasteiger partial charge on any atom is 0.152 e. The molecule has 2 N–H and O–H groups in total. The molecule has 0 saturated carbocycles. The Labute approximate surface area is 98.7 Å². The molecule has 2 heteroatoms. The molecule has 0 fully saturated rings. The molecule has 0 spiro atoms. The van der Waals surface area contributed by atoms with Gasteiger partial charge in [0.15, 0.2) is 6.29 Å². The van der Waals surface area contributed by atoms with Crippen molar-refractivity contribution in [2.45, 2.75) is 0 Å². The van der Waals surface area contributed by atoms with Gasteiger partial charge in [-0.3, -0.25) is 4.79 Å². The van der Waals surface area contributed by atoms with E-state index in [0.717, 1.165) is 17.1 Å². The van der Waals surface area contributed by atoms with E-state index in [1.54, 1.807) is 0 Å². The molecule has 0 bridgehead atoms. The molecular weight excluding hydrogens is 210 g/mol. The fourth-order valence-corrected chi connectivity index (χ4v) is 2.13. The molecule has 0 aliphatic carbocycles. The molecule has 3 rings (SSSR count). The maximum absolute atomic E-state index is 10.9. The first-order chi connectivity index (χ1) is 8.28. The Bertz CT molecular complexity index is 731. The molecule has 0 aromatic heterocycles. The van der Waals surface area contributed by atoms with Crippen molar-refractivity contribution >= 4 is 33.5 Å². The van der Waals surface area contributed by atoms with E-state index in [4.69, 9.17) is 5.73 Å². The average molecular weight is 221 g/mol. The van der Waals surface area contributed by atoms with E-state index >= 15 is 0 Å². The van der Waals surface area contributed by atoms with Crippen molar-refractivity contribution in [1.82, 2.24) is 0 Å². The van der Waals surface area contributed by atoms with Crippen molar-refractivity contribution in [3.8, 4) is 0 Å². The monoisotopic (exact) mass is 221 g/mol. The second-order valence-electron chi connectivity index (χ2n) is 4.15. The fourth-order valence-electron chi connectivity index (χ4n) is 2.13. The molecule has 0 heterocycles. The van der Waals surface area contributed by atoms with Crippen molar-refractivity contribution < 1.29 is 4.79 Å². The number of aldehydes is 1. The van der Waals surface area contributed by atoms with Gasteiger partial charge in [-0.05, 0) is 45.8 Å². The minimum absolute atomic E-state index is 0.530. The van der Waals surface area contributed by atoms with E-state index in [2.05, 4.69) is 24.3 Å². The smallest absolute Gasteiger partial charge is 0.152 e. The molecule has 0 aliphatic rings. The van der Waals surface area contributed by atoms with Gasteiger partial charge in [0, 0.05) is 11.3 Å². The normalized spacial score (nSPS) is 10.8. The Kier molecular flexibility index (Phi) is 2.08. The number of benzene rings is 3. The fraction of sp³-hybridized carbons (Fsp3) is 0. The molecular formula is C15H11NO.